The third-order valence-electron chi connectivity index (χ3n) is 5.48. The summed E-state index contributed by atoms with van der Waals surface area (Å²) in [7, 11) is -3.73. The van der Waals surface area contributed by atoms with Crippen molar-refractivity contribution in [3.8, 4) is 0 Å². The van der Waals surface area contributed by atoms with Crippen LogP contribution in [-0.4, -0.2) is 24.1 Å². The van der Waals surface area contributed by atoms with Crippen LogP contribution in [0.1, 0.15) is 32.6 Å². The van der Waals surface area contributed by atoms with Crippen molar-refractivity contribution in [3.63, 3.8) is 0 Å². The van der Waals surface area contributed by atoms with Crippen molar-refractivity contribution in [3.05, 3.63) is 113 Å². The fourth-order valence-electron chi connectivity index (χ4n) is 3.63. The molecule has 8 heteroatoms. The molecular weight excluding hydrogens is 448 g/mol. The minimum Gasteiger partial charge on any atom is -0.348 e. The zero-order valence-corrected chi connectivity index (χ0v) is 19.8. The lowest BCUT2D eigenvalue weighted by Gasteiger charge is -2.12. The first-order valence-corrected chi connectivity index (χ1v) is 12.3. The third-order valence-corrected chi connectivity index (χ3v) is 7.01. The van der Waals surface area contributed by atoms with E-state index in [2.05, 4.69) is 15.1 Å². The summed E-state index contributed by atoms with van der Waals surface area (Å²) in [6, 6.07) is 21.4. The van der Waals surface area contributed by atoms with Gasteiger partial charge in [-0.1, -0.05) is 36.4 Å². The maximum absolute atomic E-state index is 12.8. The van der Waals surface area contributed by atoms with Crippen LogP contribution in [0.5, 0.6) is 0 Å². The number of hydrogen-bond donors (Lipinski definition) is 2. The molecule has 0 saturated heterocycles. The molecule has 4 rings (SSSR count). The molecule has 3 aromatic carbocycles. The van der Waals surface area contributed by atoms with E-state index < -0.39 is 10.0 Å². The summed E-state index contributed by atoms with van der Waals surface area (Å²) in [5, 5.41) is 7.17. The predicted octanol–water partition coefficient (Wildman–Crippen LogP) is 4.28. The van der Waals surface area contributed by atoms with Gasteiger partial charge in [0.05, 0.1) is 11.4 Å². The molecule has 0 fully saturated rings. The van der Waals surface area contributed by atoms with E-state index in [1.807, 2.05) is 54.2 Å². The molecule has 0 unspecified atom stereocenters. The lowest BCUT2D eigenvalue weighted by Crippen LogP contribution is -2.23. The van der Waals surface area contributed by atoms with Gasteiger partial charge in [0, 0.05) is 30.2 Å². The maximum Gasteiger partial charge on any atom is 0.262 e. The minimum atomic E-state index is -3.73. The van der Waals surface area contributed by atoms with E-state index in [1.165, 1.54) is 0 Å². The van der Waals surface area contributed by atoms with Gasteiger partial charge in [0.2, 0.25) is 0 Å². The number of carbonyl (C=O) groups is 1. The number of aromatic nitrogens is 2. The van der Waals surface area contributed by atoms with Gasteiger partial charge in [-0.2, -0.15) is 5.10 Å². The second-order valence-corrected chi connectivity index (χ2v) is 9.76. The summed E-state index contributed by atoms with van der Waals surface area (Å²) < 4.78 is 30.0. The molecule has 0 aliphatic rings. The molecule has 0 atom stereocenters. The molecule has 2 N–H and O–H groups in total. The molecule has 174 valence electrons. The number of aryl methyl sites for hydroxylation is 2. The SMILES string of the molecule is Cc1ccc(C)c(S(=O)(=O)Nc2ccc(C(=O)NCc3ccccc3Cn3cccn3)cc2)c1. The van der Waals surface area contributed by atoms with E-state index in [4.69, 9.17) is 0 Å². The first kappa shape index (κ1) is 23.3. The zero-order valence-electron chi connectivity index (χ0n) is 19.0. The van der Waals surface area contributed by atoms with Gasteiger partial charge in [0.15, 0.2) is 0 Å². The number of anilines is 1. The van der Waals surface area contributed by atoms with E-state index in [1.54, 1.807) is 49.5 Å². The molecule has 0 bridgehead atoms. The van der Waals surface area contributed by atoms with Gasteiger partial charge < -0.3 is 5.32 Å². The number of sulfonamides is 1. The van der Waals surface area contributed by atoms with Crippen LogP contribution in [0.3, 0.4) is 0 Å². The van der Waals surface area contributed by atoms with Crippen LogP contribution in [0, 0.1) is 13.8 Å². The highest BCUT2D eigenvalue weighted by molar-refractivity contribution is 7.92. The van der Waals surface area contributed by atoms with Crippen molar-refractivity contribution in [2.75, 3.05) is 4.72 Å². The molecule has 0 aliphatic heterocycles. The van der Waals surface area contributed by atoms with Crippen molar-refractivity contribution < 1.29 is 13.2 Å². The molecule has 1 heterocycles. The number of rotatable bonds is 8. The Labute approximate surface area is 199 Å². The molecule has 0 aliphatic carbocycles. The van der Waals surface area contributed by atoms with Crippen molar-refractivity contribution >= 4 is 21.6 Å². The number of hydrogen-bond acceptors (Lipinski definition) is 4. The Balaban J connectivity index is 1.41. The number of nitrogens with one attached hydrogen (secondary N) is 2. The largest absolute Gasteiger partial charge is 0.348 e. The van der Waals surface area contributed by atoms with Crippen molar-refractivity contribution in [1.29, 1.82) is 0 Å². The Morgan fingerprint density at radius 1 is 0.941 bits per heavy atom. The van der Waals surface area contributed by atoms with Crippen LogP contribution < -0.4 is 10.0 Å². The first-order chi connectivity index (χ1) is 16.3. The zero-order chi connectivity index (χ0) is 24.1. The Morgan fingerprint density at radius 2 is 1.68 bits per heavy atom. The van der Waals surface area contributed by atoms with Crippen LogP contribution in [0.25, 0.3) is 0 Å². The average Bonchev–Trinajstić information content (AvgIpc) is 3.33. The van der Waals surface area contributed by atoms with Crippen LogP contribution in [0.2, 0.25) is 0 Å². The van der Waals surface area contributed by atoms with Gasteiger partial charge in [-0.25, -0.2) is 8.42 Å². The maximum atomic E-state index is 12.8. The fraction of sp³-hybridized carbons (Fsp3) is 0.154. The van der Waals surface area contributed by atoms with E-state index >= 15 is 0 Å². The van der Waals surface area contributed by atoms with Crippen molar-refractivity contribution in [2.45, 2.75) is 31.8 Å². The summed E-state index contributed by atoms with van der Waals surface area (Å²) in [4.78, 5) is 12.9. The minimum absolute atomic E-state index is 0.238. The van der Waals surface area contributed by atoms with Gasteiger partial charge >= 0.3 is 0 Å². The number of nitrogens with zero attached hydrogens (tertiary/aromatic N) is 2. The highest BCUT2D eigenvalue weighted by Crippen LogP contribution is 2.21. The molecule has 1 amide bonds. The monoisotopic (exact) mass is 474 g/mol. The second-order valence-electron chi connectivity index (χ2n) is 8.11. The average molecular weight is 475 g/mol. The lowest BCUT2D eigenvalue weighted by molar-refractivity contribution is 0.0951. The van der Waals surface area contributed by atoms with Crippen LogP contribution >= 0.6 is 0 Å². The third kappa shape index (κ3) is 5.52. The summed E-state index contributed by atoms with van der Waals surface area (Å²) >= 11 is 0. The number of carbonyl (C=O) groups excluding carboxylic acids is 1. The molecule has 0 spiro atoms. The van der Waals surface area contributed by atoms with Crippen LogP contribution in [0.15, 0.2) is 90.1 Å². The van der Waals surface area contributed by atoms with Gasteiger partial charge in [-0.05, 0) is 72.5 Å². The number of benzene rings is 3. The van der Waals surface area contributed by atoms with E-state index in [9.17, 15) is 13.2 Å². The summed E-state index contributed by atoms with van der Waals surface area (Å²) in [5.74, 6) is -0.238. The van der Waals surface area contributed by atoms with E-state index in [-0.39, 0.29) is 10.8 Å². The molecular formula is C26H26N4O3S. The molecule has 0 saturated carbocycles. The van der Waals surface area contributed by atoms with E-state index in [0.29, 0.717) is 29.9 Å². The van der Waals surface area contributed by atoms with Gasteiger partial charge in [-0.15, -0.1) is 0 Å². The van der Waals surface area contributed by atoms with Crippen LogP contribution in [0.4, 0.5) is 5.69 Å². The normalized spacial score (nSPS) is 11.2. The van der Waals surface area contributed by atoms with Gasteiger partial charge in [0.1, 0.15) is 0 Å². The summed E-state index contributed by atoms with van der Waals surface area (Å²) in [6.45, 7) is 4.60. The van der Waals surface area contributed by atoms with Crippen molar-refractivity contribution in [2.24, 2.45) is 0 Å². The summed E-state index contributed by atoms with van der Waals surface area (Å²) in [6.07, 6.45) is 3.63. The van der Waals surface area contributed by atoms with Gasteiger partial charge in [0.25, 0.3) is 15.9 Å². The Kier molecular flexibility index (Phi) is 6.79. The highest BCUT2D eigenvalue weighted by atomic mass is 32.2. The Bertz CT molecular complexity index is 1400. The highest BCUT2D eigenvalue weighted by Gasteiger charge is 2.17. The van der Waals surface area contributed by atoms with Crippen LogP contribution in [-0.2, 0) is 23.1 Å². The Morgan fingerprint density at radius 3 is 2.38 bits per heavy atom. The number of amides is 1. The second kappa shape index (κ2) is 9.93. The quantitative estimate of drug-likeness (QED) is 0.399. The van der Waals surface area contributed by atoms with Gasteiger partial charge in [-0.3, -0.25) is 14.2 Å². The molecule has 4 aromatic rings. The topological polar surface area (TPSA) is 93.1 Å². The molecule has 0 radical (unpaired) electrons. The lowest BCUT2D eigenvalue weighted by atomic mass is 10.1. The summed E-state index contributed by atoms with van der Waals surface area (Å²) in [5.41, 5.74) is 4.44. The molecule has 1 aromatic heterocycles. The first-order valence-electron chi connectivity index (χ1n) is 10.8. The standard InChI is InChI=1S/C26H26N4O3S/c1-19-8-9-20(2)25(16-19)34(32,33)29-24-12-10-21(11-13-24)26(31)27-17-22-6-3-4-7-23(22)18-30-15-5-14-28-30/h3-16,29H,17-18H2,1-2H3,(H,27,31). The Hall–Kier alpha value is -3.91. The predicted molar refractivity (Wildman–Crippen MR) is 132 cm³/mol. The molecule has 7 nitrogen and oxygen atoms in total. The fourth-order valence-corrected chi connectivity index (χ4v) is 5.02. The van der Waals surface area contributed by atoms with E-state index in [0.717, 1.165) is 16.7 Å². The van der Waals surface area contributed by atoms with Crippen molar-refractivity contribution in [1.82, 2.24) is 15.1 Å². The smallest absolute Gasteiger partial charge is 0.262 e. The molecule has 34 heavy (non-hydrogen) atoms.